The normalized spacial score (nSPS) is 32.6. The number of piperidine rings is 1. The number of nitrogens with one attached hydrogen (secondary N) is 1. The number of rotatable bonds is 5. The lowest BCUT2D eigenvalue weighted by Crippen LogP contribution is -2.47. The highest BCUT2D eigenvalue weighted by Crippen LogP contribution is 2.38. The van der Waals surface area contributed by atoms with Crippen LogP contribution in [0.1, 0.15) is 51.9 Å². The van der Waals surface area contributed by atoms with Gasteiger partial charge in [-0.15, -0.1) is 0 Å². The van der Waals surface area contributed by atoms with Crippen LogP contribution in [0.5, 0.6) is 0 Å². The first kappa shape index (κ1) is 12.4. The van der Waals surface area contributed by atoms with Gasteiger partial charge in [-0.05, 0) is 71.5 Å². The predicted molar refractivity (Wildman–Crippen MR) is 69.7 cm³/mol. The van der Waals surface area contributed by atoms with E-state index in [0.29, 0.717) is 0 Å². The molecular formula is C14H28N2. The minimum Gasteiger partial charge on any atom is -0.320 e. The molecule has 0 spiro atoms. The fourth-order valence-electron chi connectivity index (χ4n) is 3.78. The summed E-state index contributed by atoms with van der Waals surface area (Å²) in [5, 5.41) is 3.25. The fraction of sp³-hybridized carbons (Fsp3) is 1.00. The van der Waals surface area contributed by atoms with Crippen molar-refractivity contribution in [1.29, 1.82) is 0 Å². The molecule has 2 rings (SSSR count). The maximum atomic E-state index is 3.25. The summed E-state index contributed by atoms with van der Waals surface area (Å²) in [6.45, 7) is 4.98. The molecule has 0 amide bonds. The Labute approximate surface area is 101 Å². The Kier molecular flexibility index (Phi) is 4.66. The van der Waals surface area contributed by atoms with Gasteiger partial charge in [-0.3, -0.25) is 4.90 Å². The molecule has 0 aromatic rings. The minimum absolute atomic E-state index is 0.805. The van der Waals surface area contributed by atoms with Crippen molar-refractivity contribution >= 4 is 0 Å². The quantitative estimate of drug-likeness (QED) is 0.722. The van der Waals surface area contributed by atoms with Crippen LogP contribution in [0.3, 0.4) is 0 Å². The molecule has 1 saturated heterocycles. The van der Waals surface area contributed by atoms with Gasteiger partial charge < -0.3 is 5.32 Å². The van der Waals surface area contributed by atoms with E-state index in [2.05, 4.69) is 24.2 Å². The monoisotopic (exact) mass is 224 g/mol. The third kappa shape index (κ3) is 2.78. The molecule has 0 aromatic carbocycles. The molecule has 1 aliphatic carbocycles. The summed E-state index contributed by atoms with van der Waals surface area (Å²) in [5.41, 5.74) is 0. The van der Waals surface area contributed by atoms with E-state index < -0.39 is 0 Å². The van der Waals surface area contributed by atoms with E-state index in [1.54, 1.807) is 0 Å². The SMILES string of the molecule is CNCCCC(C)N1CCCC2CCCC21. The van der Waals surface area contributed by atoms with Gasteiger partial charge in [-0.25, -0.2) is 0 Å². The molecule has 0 aromatic heterocycles. The highest BCUT2D eigenvalue weighted by Gasteiger charge is 2.36. The van der Waals surface area contributed by atoms with Crippen LogP contribution in [-0.4, -0.2) is 37.1 Å². The summed E-state index contributed by atoms with van der Waals surface area (Å²) in [7, 11) is 2.05. The average molecular weight is 224 g/mol. The second-order valence-corrected chi connectivity index (χ2v) is 5.73. The molecule has 16 heavy (non-hydrogen) atoms. The van der Waals surface area contributed by atoms with Gasteiger partial charge in [0.05, 0.1) is 0 Å². The van der Waals surface area contributed by atoms with E-state index in [1.807, 2.05) is 0 Å². The molecule has 2 heteroatoms. The summed E-state index contributed by atoms with van der Waals surface area (Å²) < 4.78 is 0. The zero-order valence-electron chi connectivity index (χ0n) is 11.0. The molecule has 0 radical (unpaired) electrons. The minimum atomic E-state index is 0.805. The topological polar surface area (TPSA) is 15.3 Å². The molecule has 0 bridgehead atoms. The van der Waals surface area contributed by atoms with Crippen molar-refractivity contribution in [2.75, 3.05) is 20.1 Å². The molecular weight excluding hydrogens is 196 g/mol. The van der Waals surface area contributed by atoms with Crippen molar-refractivity contribution < 1.29 is 0 Å². The number of nitrogens with zero attached hydrogens (tertiary/aromatic N) is 1. The third-order valence-corrected chi connectivity index (χ3v) is 4.65. The van der Waals surface area contributed by atoms with Gasteiger partial charge >= 0.3 is 0 Å². The number of hydrogen-bond donors (Lipinski definition) is 1. The van der Waals surface area contributed by atoms with Crippen molar-refractivity contribution in [3.05, 3.63) is 0 Å². The first-order valence-corrected chi connectivity index (χ1v) is 7.23. The summed E-state index contributed by atoms with van der Waals surface area (Å²) >= 11 is 0. The maximum Gasteiger partial charge on any atom is 0.0126 e. The van der Waals surface area contributed by atoms with Gasteiger partial charge in [0.1, 0.15) is 0 Å². The van der Waals surface area contributed by atoms with Crippen LogP contribution in [0, 0.1) is 5.92 Å². The summed E-state index contributed by atoms with van der Waals surface area (Å²) in [5.74, 6) is 1.04. The highest BCUT2D eigenvalue weighted by molar-refractivity contribution is 4.91. The van der Waals surface area contributed by atoms with E-state index in [9.17, 15) is 0 Å². The Morgan fingerprint density at radius 3 is 2.88 bits per heavy atom. The molecule has 3 atom stereocenters. The Balaban J connectivity index is 1.82. The van der Waals surface area contributed by atoms with Crippen LogP contribution in [0.15, 0.2) is 0 Å². The van der Waals surface area contributed by atoms with Crippen molar-refractivity contribution in [1.82, 2.24) is 10.2 Å². The number of likely N-dealkylation sites (tertiary alicyclic amines) is 1. The van der Waals surface area contributed by atoms with Crippen molar-refractivity contribution in [2.24, 2.45) is 5.92 Å². The Morgan fingerprint density at radius 1 is 1.25 bits per heavy atom. The van der Waals surface area contributed by atoms with Gasteiger partial charge in [0, 0.05) is 12.1 Å². The number of fused-ring (bicyclic) bond motifs is 1. The maximum absolute atomic E-state index is 3.25. The molecule has 1 saturated carbocycles. The molecule has 3 unspecified atom stereocenters. The lowest BCUT2D eigenvalue weighted by molar-refractivity contribution is 0.0702. The Morgan fingerprint density at radius 2 is 2.06 bits per heavy atom. The van der Waals surface area contributed by atoms with Crippen LogP contribution in [0.4, 0.5) is 0 Å². The van der Waals surface area contributed by atoms with Gasteiger partial charge in [0.25, 0.3) is 0 Å². The smallest absolute Gasteiger partial charge is 0.0126 e. The average Bonchev–Trinajstić information content (AvgIpc) is 2.76. The zero-order valence-corrected chi connectivity index (χ0v) is 11.0. The van der Waals surface area contributed by atoms with Crippen LogP contribution in [0.25, 0.3) is 0 Å². The zero-order chi connectivity index (χ0) is 11.4. The Bertz CT molecular complexity index is 205. The van der Waals surface area contributed by atoms with Crippen molar-refractivity contribution in [3.8, 4) is 0 Å². The van der Waals surface area contributed by atoms with E-state index in [-0.39, 0.29) is 0 Å². The fourth-order valence-corrected chi connectivity index (χ4v) is 3.78. The van der Waals surface area contributed by atoms with Crippen LogP contribution in [-0.2, 0) is 0 Å². The van der Waals surface area contributed by atoms with Crippen molar-refractivity contribution in [3.63, 3.8) is 0 Å². The third-order valence-electron chi connectivity index (χ3n) is 4.65. The second kappa shape index (κ2) is 6.02. The largest absolute Gasteiger partial charge is 0.320 e. The predicted octanol–water partition coefficient (Wildman–Crippen LogP) is 2.64. The van der Waals surface area contributed by atoms with E-state index in [1.165, 1.54) is 58.0 Å². The lowest BCUT2D eigenvalue weighted by Gasteiger charge is -2.41. The van der Waals surface area contributed by atoms with E-state index in [0.717, 1.165) is 18.0 Å². The van der Waals surface area contributed by atoms with Gasteiger partial charge in [0.15, 0.2) is 0 Å². The first-order chi connectivity index (χ1) is 7.83. The van der Waals surface area contributed by atoms with Crippen LogP contribution >= 0.6 is 0 Å². The van der Waals surface area contributed by atoms with E-state index in [4.69, 9.17) is 0 Å². The molecule has 1 aliphatic heterocycles. The van der Waals surface area contributed by atoms with Crippen LogP contribution in [0.2, 0.25) is 0 Å². The lowest BCUT2D eigenvalue weighted by atomic mass is 9.90. The molecule has 2 aliphatic rings. The molecule has 2 fully saturated rings. The second-order valence-electron chi connectivity index (χ2n) is 5.73. The van der Waals surface area contributed by atoms with Gasteiger partial charge in [-0.2, -0.15) is 0 Å². The first-order valence-electron chi connectivity index (χ1n) is 7.23. The van der Waals surface area contributed by atoms with Gasteiger partial charge in [0.2, 0.25) is 0 Å². The molecule has 1 heterocycles. The highest BCUT2D eigenvalue weighted by atomic mass is 15.2. The standard InChI is InChI=1S/C14H28N2/c1-12(6-4-10-15-2)16-11-5-8-13-7-3-9-14(13)16/h12-15H,3-11H2,1-2H3. The summed E-state index contributed by atoms with van der Waals surface area (Å²) in [6.07, 6.45) is 10.1. The molecule has 2 nitrogen and oxygen atoms in total. The number of hydrogen-bond acceptors (Lipinski definition) is 2. The molecule has 1 N–H and O–H groups in total. The summed E-state index contributed by atoms with van der Waals surface area (Å²) in [6, 6.07) is 1.75. The van der Waals surface area contributed by atoms with Gasteiger partial charge in [-0.1, -0.05) is 6.42 Å². The Hall–Kier alpha value is -0.0800. The van der Waals surface area contributed by atoms with E-state index >= 15 is 0 Å². The summed E-state index contributed by atoms with van der Waals surface area (Å²) in [4.78, 5) is 2.83. The molecule has 94 valence electrons. The van der Waals surface area contributed by atoms with Crippen molar-refractivity contribution in [2.45, 2.75) is 64.0 Å². The van der Waals surface area contributed by atoms with Crippen LogP contribution < -0.4 is 5.32 Å².